The van der Waals surface area contributed by atoms with Gasteiger partial charge in [0.15, 0.2) is 6.10 Å². The molecule has 2 amide bonds. The Morgan fingerprint density at radius 2 is 1.79 bits per heavy atom. The van der Waals surface area contributed by atoms with Crippen LogP contribution in [0.5, 0.6) is 5.75 Å². The van der Waals surface area contributed by atoms with Crippen molar-refractivity contribution in [1.29, 1.82) is 0 Å². The van der Waals surface area contributed by atoms with E-state index in [2.05, 4.69) is 20.6 Å². The fourth-order valence-corrected chi connectivity index (χ4v) is 3.32. The lowest BCUT2D eigenvalue weighted by molar-refractivity contribution is 0.00861. The number of methoxy groups -OCH3 is 1. The molecule has 2 aliphatic heterocycles. The second-order valence-electron chi connectivity index (χ2n) is 6.60. The Labute approximate surface area is 166 Å². The number of benzene rings is 1. The van der Waals surface area contributed by atoms with Crippen molar-refractivity contribution in [3.63, 3.8) is 0 Å². The minimum atomic E-state index is -0.609. The molecular weight excluding hydrogens is 380 g/mol. The number of rotatable bonds is 5. The van der Waals surface area contributed by atoms with Crippen LogP contribution in [0.25, 0.3) is 0 Å². The zero-order chi connectivity index (χ0) is 20.2. The lowest BCUT2D eigenvalue weighted by Crippen LogP contribution is -2.44. The van der Waals surface area contributed by atoms with Crippen molar-refractivity contribution >= 4 is 17.7 Å². The van der Waals surface area contributed by atoms with Gasteiger partial charge in [0.05, 0.1) is 31.9 Å². The number of carbonyl (C=O) groups excluding carboxylic acids is 2. The number of hydrogen-bond acceptors (Lipinski definition) is 8. The van der Waals surface area contributed by atoms with Crippen molar-refractivity contribution in [2.45, 2.75) is 24.4 Å². The van der Waals surface area contributed by atoms with Crippen LogP contribution in [0, 0.1) is 0 Å². The molecule has 0 saturated carbocycles. The van der Waals surface area contributed by atoms with Crippen molar-refractivity contribution in [2.24, 2.45) is 0 Å². The maximum Gasteiger partial charge on any atom is 0.412 e. The molecule has 4 atom stereocenters. The first kappa shape index (κ1) is 19.1. The molecule has 1 aromatic heterocycles. The Morgan fingerprint density at radius 1 is 1.07 bits per heavy atom. The minimum Gasteiger partial charge on any atom is -0.497 e. The van der Waals surface area contributed by atoms with Gasteiger partial charge in [0.1, 0.15) is 24.3 Å². The molecule has 0 radical (unpaired) electrons. The van der Waals surface area contributed by atoms with E-state index in [4.69, 9.17) is 18.9 Å². The largest absolute Gasteiger partial charge is 0.497 e. The Kier molecular flexibility index (Phi) is 5.54. The van der Waals surface area contributed by atoms with Crippen molar-refractivity contribution in [2.75, 3.05) is 25.6 Å². The molecular formula is C19H20N4O6. The van der Waals surface area contributed by atoms with Crippen LogP contribution in [-0.4, -0.2) is 66.6 Å². The molecule has 0 spiro atoms. The molecule has 2 N–H and O–H groups in total. The first-order valence-electron chi connectivity index (χ1n) is 9.05. The summed E-state index contributed by atoms with van der Waals surface area (Å²) in [7, 11) is 1.57. The van der Waals surface area contributed by atoms with Gasteiger partial charge in [-0.25, -0.2) is 14.8 Å². The summed E-state index contributed by atoms with van der Waals surface area (Å²) in [6.45, 7) is 0.445. The van der Waals surface area contributed by atoms with E-state index in [-0.39, 0.29) is 25.2 Å². The fraction of sp³-hybridized carbons (Fsp3) is 0.368. The average Bonchev–Trinajstić information content (AvgIpc) is 3.32. The number of anilines is 1. The van der Waals surface area contributed by atoms with E-state index in [1.54, 1.807) is 31.4 Å². The van der Waals surface area contributed by atoms with Crippen LogP contribution in [-0.2, 0) is 14.2 Å². The predicted octanol–water partition coefficient (Wildman–Crippen LogP) is 0.998. The smallest absolute Gasteiger partial charge is 0.412 e. The Balaban J connectivity index is 1.30. The van der Waals surface area contributed by atoms with Crippen LogP contribution in [0.2, 0.25) is 0 Å². The van der Waals surface area contributed by atoms with Gasteiger partial charge in [0.25, 0.3) is 5.91 Å². The molecule has 2 aliphatic rings. The highest BCUT2D eigenvalue weighted by Gasteiger charge is 2.50. The van der Waals surface area contributed by atoms with Gasteiger partial charge in [0.2, 0.25) is 0 Å². The van der Waals surface area contributed by atoms with Crippen LogP contribution in [0.1, 0.15) is 10.4 Å². The quantitative estimate of drug-likeness (QED) is 0.763. The van der Waals surface area contributed by atoms with Gasteiger partial charge in [-0.05, 0) is 24.3 Å². The Bertz CT molecular complexity index is 863. The second kappa shape index (κ2) is 8.41. The normalized spacial score (nSPS) is 25.1. The van der Waals surface area contributed by atoms with Gasteiger partial charge in [-0.3, -0.25) is 10.1 Å². The number of carbonyl (C=O) groups is 2. The van der Waals surface area contributed by atoms with E-state index < -0.39 is 24.4 Å². The standard InChI is InChI=1S/C19H20N4O6/c1-26-13-4-2-12(3-5-13)22-19(25)29-15-9-28-16-14(8-27-17(15)16)23-18(24)11-6-20-10-21-7-11/h2-7,10,14-17H,8-9H2,1H3,(H,22,25)(H,23,24)/t14-,15-,16-,17+/m0/s1. The van der Waals surface area contributed by atoms with E-state index in [0.717, 1.165) is 0 Å². The summed E-state index contributed by atoms with van der Waals surface area (Å²) in [6, 6.07) is 6.52. The van der Waals surface area contributed by atoms with Crippen molar-refractivity contribution in [3.8, 4) is 5.75 Å². The van der Waals surface area contributed by atoms with Gasteiger partial charge in [-0.2, -0.15) is 0 Å². The molecule has 0 unspecified atom stereocenters. The molecule has 3 heterocycles. The fourth-order valence-electron chi connectivity index (χ4n) is 3.32. The van der Waals surface area contributed by atoms with E-state index in [0.29, 0.717) is 17.0 Å². The minimum absolute atomic E-state index is 0.187. The highest BCUT2D eigenvalue weighted by atomic mass is 16.6. The van der Waals surface area contributed by atoms with Crippen LogP contribution >= 0.6 is 0 Å². The SMILES string of the molecule is COc1ccc(NC(=O)O[C@H]2CO[C@@H]3[C@@H]2OC[C@@H]3NC(=O)c2cncnc2)cc1. The Morgan fingerprint density at radius 3 is 2.52 bits per heavy atom. The third kappa shape index (κ3) is 4.28. The average molecular weight is 400 g/mol. The van der Waals surface area contributed by atoms with E-state index >= 15 is 0 Å². The molecule has 2 saturated heterocycles. The lowest BCUT2D eigenvalue weighted by Gasteiger charge is -2.18. The molecule has 4 rings (SSSR count). The summed E-state index contributed by atoms with van der Waals surface area (Å²) in [5, 5.41) is 5.51. The number of ether oxygens (including phenoxy) is 4. The van der Waals surface area contributed by atoms with Gasteiger partial charge < -0.3 is 24.3 Å². The maximum absolute atomic E-state index is 12.3. The molecule has 2 fully saturated rings. The van der Waals surface area contributed by atoms with Gasteiger partial charge in [-0.15, -0.1) is 0 Å². The summed E-state index contributed by atoms with van der Waals surface area (Å²) in [5.74, 6) is 0.371. The number of aromatic nitrogens is 2. The summed E-state index contributed by atoms with van der Waals surface area (Å²) in [5.41, 5.74) is 0.925. The molecule has 10 nitrogen and oxygen atoms in total. The molecule has 2 aromatic rings. The lowest BCUT2D eigenvalue weighted by atomic mass is 10.1. The van der Waals surface area contributed by atoms with Gasteiger partial charge >= 0.3 is 6.09 Å². The molecule has 152 valence electrons. The van der Waals surface area contributed by atoms with Crippen LogP contribution in [0.3, 0.4) is 0 Å². The third-order valence-electron chi connectivity index (χ3n) is 4.74. The predicted molar refractivity (Wildman–Crippen MR) is 99.7 cm³/mol. The first-order chi connectivity index (χ1) is 14.1. The highest BCUT2D eigenvalue weighted by Crippen LogP contribution is 2.29. The van der Waals surface area contributed by atoms with Gasteiger partial charge in [-0.1, -0.05) is 0 Å². The van der Waals surface area contributed by atoms with Crippen LogP contribution in [0.15, 0.2) is 43.0 Å². The number of hydrogen-bond donors (Lipinski definition) is 2. The Hall–Kier alpha value is -3.24. The summed E-state index contributed by atoms with van der Waals surface area (Å²) >= 11 is 0. The van der Waals surface area contributed by atoms with Crippen LogP contribution < -0.4 is 15.4 Å². The van der Waals surface area contributed by atoms with Crippen molar-refractivity contribution in [1.82, 2.24) is 15.3 Å². The molecule has 29 heavy (non-hydrogen) atoms. The first-order valence-corrected chi connectivity index (χ1v) is 9.05. The topological polar surface area (TPSA) is 121 Å². The van der Waals surface area contributed by atoms with E-state index in [9.17, 15) is 9.59 Å². The monoisotopic (exact) mass is 400 g/mol. The maximum atomic E-state index is 12.3. The van der Waals surface area contributed by atoms with E-state index in [1.165, 1.54) is 18.7 Å². The number of amides is 2. The third-order valence-corrected chi connectivity index (χ3v) is 4.74. The molecule has 1 aromatic carbocycles. The molecule has 0 bridgehead atoms. The second-order valence-corrected chi connectivity index (χ2v) is 6.60. The van der Waals surface area contributed by atoms with Crippen molar-refractivity contribution in [3.05, 3.63) is 48.5 Å². The number of nitrogens with one attached hydrogen (secondary N) is 2. The van der Waals surface area contributed by atoms with Gasteiger partial charge in [0, 0.05) is 18.1 Å². The summed E-state index contributed by atoms with van der Waals surface area (Å²) < 4.78 is 22.0. The summed E-state index contributed by atoms with van der Waals surface area (Å²) in [4.78, 5) is 32.1. The van der Waals surface area contributed by atoms with Crippen molar-refractivity contribution < 1.29 is 28.5 Å². The molecule has 10 heteroatoms. The summed E-state index contributed by atoms with van der Waals surface area (Å²) in [6.07, 6.45) is 2.18. The zero-order valence-electron chi connectivity index (χ0n) is 15.6. The highest BCUT2D eigenvalue weighted by molar-refractivity contribution is 5.93. The molecule has 0 aliphatic carbocycles. The number of nitrogens with zero attached hydrogens (tertiary/aromatic N) is 2. The zero-order valence-corrected chi connectivity index (χ0v) is 15.6. The van der Waals surface area contributed by atoms with E-state index in [1.807, 2.05) is 0 Å². The number of fused-ring (bicyclic) bond motifs is 1. The van der Waals surface area contributed by atoms with Crippen LogP contribution in [0.4, 0.5) is 10.5 Å².